The highest BCUT2D eigenvalue weighted by Gasteiger charge is 2.45. The SMILES string of the molecule is CC1CCCC2(CSC(=NCC3CC3(C)C)N2)C1. The van der Waals surface area contributed by atoms with Gasteiger partial charge in [-0.25, -0.2) is 0 Å². The molecule has 18 heavy (non-hydrogen) atoms. The number of aliphatic imine (C=N–C) groups is 1. The molecule has 3 aliphatic rings. The standard InChI is InChI=1S/C15H26N2S/c1-11-5-4-6-15(7-11)10-18-13(17-15)16-9-12-8-14(12,2)3/h11-12H,4-10H2,1-3H3,(H,16,17). The maximum absolute atomic E-state index is 4.82. The van der Waals surface area contributed by atoms with Gasteiger partial charge in [-0.3, -0.25) is 4.99 Å². The highest BCUT2D eigenvalue weighted by Crippen LogP contribution is 2.51. The minimum absolute atomic E-state index is 0.389. The zero-order valence-electron chi connectivity index (χ0n) is 12.0. The smallest absolute Gasteiger partial charge is 0.157 e. The van der Waals surface area contributed by atoms with E-state index in [9.17, 15) is 0 Å². The molecule has 0 radical (unpaired) electrons. The lowest BCUT2D eigenvalue weighted by Crippen LogP contribution is -2.47. The van der Waals surface area contributed by atoms with E-state index >= 15 is 0 Å². The van der Waals surface area contributed by atoms with Crippen LogP contribution >= 0.6 is 11.8 Å². The molecule has 3 atom stereocenters. The third kappa shape index (κ3) is 2.56. The van der Waals surface area contributed by atoms with Gasteiger partial charge in [-0.15, -0.1) is 0 Å². The topological polar surface area (TPSA) is 24.4 Å². The molecule has 0 aromatic heterocycles. The highest BCUT2D eigenvalue weighted by atomic mass is 32.2. The molecule has 1 saturated heterocycles. The number of hydrogen-bond donors (Lipinski definition) is 1. The van der Waals surface area contributed by atoms with Crippen LogP contribution in [-0.4, -0.2) is 23.0 Å². The van der Waals surface area contributed by atoms with Gasteiger partial charge in [-0.1, -0.05) is 45.4 Å². The van der Waals surface area contributed by atoms with Gasteiger partial charge >= 0.3 is 0 Å². The van der Waals surface area contributed by atoms with Gasteiger partial charge in [0, 0.05) is 17.8 Å². The van der Waals surface area contributed by atoms with Crippen molar-refractivity contribution in [2.24, 2.45) is 22.2 Å². The summed E-state index contributed by atoms with van der Waals surface area (Å²) in [5.74, 6) is 2.95. The first-order valence-electron chi connectivity index (χ1n) is 7.45. The summed E-state index contributed by atoms with van der Waals surface area (Å²) < 4.78 is 0. The van der Waals surface area contributed by atoms with Crippen LogP contribution in [0.1, 0.15) is 52.9 Å². The molecular formula is C15H26N2S. The number of nitrogens with zero attached hydrogens (tertiary/aromatic N) is 1. The predicted octanol–water partition coefficient (Wildman–Crippen LogP) is 3.67. The minimum atomic E-state index is 0.389. The second-order valence-electron chi connectivity index (χ2n) is 7.43. The normalized spacial score (nSPS) is 44.3. The molecule has 1 N–H and O–H groups in total. The molecule has 1 aliphatic heterocycles. The zero-order chi connectivity index (χ0) is 12.8. The molecule has 3 fully saturated rings. The quantitative estimate of drug-likeness (QED) is 0.824. The number of thioether (sulfide) groups is 1. The van der Waals surface area contributed by atoms with E-state index in [4.69, 9.17) is 4.99 Å². The van der Waals surface area contributed by atoms with Crippen molar-refractivity contribution >= 4 is 16.9 Å². The first-order chi connectivity index (χ1) is 8.49. The minimum Gasteiger partial charge on any atom is -0.359 e. The summed E-state index contributed by atoms with van der Waals surface area (Å²) in [4.78, 5) is 4.82. The summed E-state index contributed by atoms with van der Waals surface area (Å²) in [6, 6.07) is 0. The molecular weight excluding hydrogens is 240 g/mol. The van der Waals surface area contributed by atoms with Crippen LogP contribution < -0.4 is 5.32 Å². The average molecular weight is 266 g/mol. The number of amidine groups is 1. The monoisotopic (exact) mass is 266 g/mol. The Kier molecular flexibility index (Phi) is 3.16. The average Bonchev–Trinajstić information content (AvgIpc) is 2.73. The maximum Gasteiger partial charge on any atom is 0.157 e. The first kappa shape index (κ1) is 12.8. The molecule has 1 spiro atoms. The van der Waals surface area contributed by atoms with Gasteiger partial charge in [0.05, 0.1) is 0 Å². The van der Waals surface area contributed by atoms with Crippen LogP contribution in [-0.2, 0) is 0 Å². The molecule has 2 nitrogen and oxygen atoms in total. The van der Waals surface area contributed by atoms with Crippen molar-refractivity contribution in [1.29, 1.82) is 0 Å². The lowest BCUT2D eigenvalue weighted by Gasteiger charge is -2.36. The molecule has 1 heterocycles. The van der Waals surface area contributed by atoms with E-state index in [1.807, 2.05) is 11.8 Å². The number of rotatable bonds is 2. The van der Waals surface area contributed by atoms with E-state index in [1.165, 1.54) is 43.0 Å². The van der Waals surface area contributed by atoms with Gasteiger partial charge in [-0.2, -0.15) is 0 Å². The molecule has 0 aromatic carbocycles. The van der Waals surface area contributed by atoms with Crippen LogP contribution in [0.3, 0.4) is 0 Å². The largest absolute Gasteiger partial charge is 0.359 e. The molecule has 0 aromatic rings. The van der Waals surface area contributed by atoms with E-state index in [2.05, 4.69) is 26.1 Å². The zero-order valence-corrected chi connectivity index (χ0v) is 12.8. The van der Waals surface area contributed by atoms with Crippen molar-refractivity contribution in [3.63, 3.8) is 0 Å². The molecule has 0 amide bonds. The first-order valence-corrected chi connectivity index (χ1v) is 8.43. The van der Waals surface area contributed by atoms with Crippen LogP contribution in [0.15, 0.2) is 4.99 Å². The van der Waals surface area contributed by atoms with Crippen molar-refractivity contribution in [2.45, 2.75) is 58.4 Å². The lowest BCUT2D eigenvalue weighted by molar-refractivity contribution is 0.242. The fourth-order valence-corrected chi connectivity index (χ4v) is 4.78. The van der Waals surface area contributed by atoms with Gasteiger partial charge in [0.25, 0.3) is 0 Å². The van der Waals surface area contributed by atoms with Crippen molar-refractivity contribution in [1.82, 2.24) is 5.32 Å². The van der Waals surface area contributed by atoms with Crippen molar-refractivity contribution in [3.05, 3.63) is 0 Å². The third-order valence-corrected chi connectivity index (χ3v) is 6.32. The van der Waals surface area contributed by atoms with Crippen LogP contribution in [0, 0.1) is 17.3 Å². The number of nitrogens with one attached hydrogen (secondary N) is 1. The van der Waals surface area contributed by atoms with Crippen LogP contribution in [0.25, 0.3) is 0 Å². The van der Waals surface area contributed by atoms with E-state index in [-0.39, 0.29) is 0 Å². The molecule has 3 unspecified atom stereocenters. The summed E-state index contributed by atoms with van der Waals surface area (Å²) >= 11 is 1.96. The predicted molar refractivity (Wildman–Crippen MR) is 80.1 cm³/mol. The maximum atomic E-state index is 4.82. The van der Waals surface area contributed by atoms with Crippen LogP contribution in [0.4, 0.5) is 0 Å². The Bertz CT molecular complexity index is 364. The summed E-state index contributed by atoms with van der Waals surface area (Å²) in [5.41, 5.74) is 0.949. The Labute approximate surface area is 115 Å². The van der Waals surface area contributed by atoms with E-state index in [1.54, 1.807) is 0 Å². The van der Waals surface area contributed by atoms with Crippen molar-refractivity contribution < 1.29 is 0 Å². The van der Waals surface area contributed by atoms with Gasteiger partial charge in [0.15, 0.2) is 5.17 Å². The second kappa shape index (κ2) is 4.43. The summed E-state index contributed by atoms with van der Waals surface area (Å²) in [7, 11) is 0. The third-order valence-electron chi connectivity index (χ3n) is 5.12. The summed E-state index contributed by atoms with van der Waals surface area (Å²) in [6.07, 6.45) is 6.84. The summed E-state index contributed by atoms with van der Waals surface area (Å²) in [5, 5.41) is 4.99. The van der Waals surface area contributed by atoms with Crippen molar-refractivity contribution in [3.8, 4) is 0 Å². The second-order valence-corrected chi connectivity index (χ2v) is 8.40. The van der Waals surface area contributed by atoms with Gasteiger partial charge in [-0.05, 0) is 36.5 Å². The molecule has 3 rings (SSSR count). The number of hydrogen-bond acceptors (Lipinski definition) is 2. The fourth-order valence-electron chi connectivity index (χ4n) is 3.58. The Morgan fingerprint density at radius 2 is 2.17 bits per heavy atom. The Hall–Kier alpha value is -0.180. The van der Waals surface area contributed by atoms with E-state index < -0.39 is 0 Å². The van der Waals surface area contributed by atoms with Gasteiger partial charge in [0.2, 0.25) is 0 Å². The summed E-state index contributed by atoms with van der Waals surface area (Å²) in [6.45, 7) is 8.15. The van der Waals surface area contributed by atoms with Crippen LogP contribution in [0.2, 0.25) is 0 Å². The molecule has 2 aliphatic carbocycles. The van der Waals surface area contributed by atoms with Gasteiger partial charge in [0.1, 0.15) is 0 Å². The van der Waals surface area contributed by atoms with E-state index in [0.29, 0.717) is 11.0 Å². The Morgan fingerprint density at radius 1 is 1.39 bits per heavy atom. The lowest BCUT2D eigenvalue weighted by atomic mass is 9.78. The van der Waals surface area contributed by atoms with Gasteiger partial charge < -0.3 is 5.32 Å². The van der Waals surface area contributed by atoms with Crippen molar-refractivity contribution in [2.75, 3.05) is 12.3 Å². The molecule has 0 bridgehead atoms. The molecule has 2 saturated carbocycles. The Morgan fingerprint density at radius 3 is 2.83 bits per heavy atom. The van der Waals surface area contributed by atoms with E-state index in [0.717, 1.165) is 18.4 Å². The molecule has 3 heteroatoms. The Balaban J connectivity index is 1.56. The fraction of sp³-hybridized carbons (Fsp3) is 0.933. The molecule has 102 valence electrons. The van der Waals surface area contributed by atoms with Crippen LogP contribution in [0.5, 0.6) is 0 Å². The highest BCUT2D eigenvalue weighted by molar-refractivity contribution is 8.14.